The van der Waals surface area contributed by atoms with E-state index in [1.54, 1.807) is 18.2 Å². The van der Waals surface area contributed by atoms with Crippen LogP contribution < -0.4 is 18.9 Å². The third-order valence-electron chi connectivity index (χ3n) is 5.88. The molecule has 0 aromatic heterocycles. The zero-order valence-electron chi connectivity index (χ0n) is 18.3. The number of aromatic hydroxyl groups is 1. The average Bonchev–Trinajstić information content (AvgIpc) is 2.80. The first-order valence-electron chi connectivity index (χ1n) is 9.82. The van der Waals surface area contributed by atoms with Crippen LogP contribution in [-0.2, 0) is 16.0 Å². The molecule has 8 nitrogen and oxygen atoms in total. The summed E-state index contributed by atoms with van der Waals surface area (Å²) < 4.78 is 27.0. The van der Waals surface area contributed by atoms with Gasteiger partial charge in [-0.25, -0.2) is 0 Å². The number of fused-ring (bicyclic) bond motifs is 1. The number of hydrogen-bond acceptors (Lipinski definition) is 8. The minimum Gasteiger partial charge on any atom is -0.504 e. The SMILES string of the molecule is COC(=O)[C@H]1[C@H](CO)Cc2cc(OC)c(OC)c(OC)c2[C@@H]1c1ccc(OC)c(O)c1. The molecule has 1 aliphatic rings. The van der Waals surface area contributed by atoms with Crippen LogP contribution in [0.25, 0.3) is 0 Å². The topological polar surface area (TPSA) is 104 Å². The van der Waals surface area contributed by atoms with Crippen LogP contribution in [0.2, 0.25) is 0 Å². The molecule has 3 atom stereocenters. The standard InChI is InChI=1S/C23H28O8/c1-27-16-7-6-12(9-15(16)25)18-19-13(8-14(11-24)20(18)23(26)31-5)10-17(28-2)21(29-3)22(19)30-4/h6-7,9-10,14,18,20,24-25H,8,11H2,1-5H3/t14-,18-,20-/m0/s1. The van der Waals surface area contributed by atoms with Gasteiger partial charge in [0.15, 0.2) is 23.0 Å². The molecule has 0 fully saturated rings. The van der Waals surface area contributed by atoms with Crippen molar-refractivity contribution >= 4 is 5.97 Å². The van der Waals surface area contributed by atoms with Gasteiger partial charge >= 0.3 is 5.97 Å². The number of hydrogen-bond donors (Lipinski definition) is 2. The van der Waals surface area contributed by atoms with Crippen LogP contribution in [-0.4, -0.2) is 58.3 Å². The molecular formula is C23H28O8. The molecule has 2 aromatic carbocycles. The zero-order chi connectivity index (χ0) is 22.7. The number of ether oxygens (including phenoxy) is 5. The second-order valence-electron chi connectivity index (χ2n) is 7.32. The maximum atomic E-state index is 12.9. The normalized spacial score (nSPS) is 19.9. The predicted octanol–water partition coefficient (Wildman–Crippen LogP) is 2.51. The van der Waals surface area contributed by atoms with Crippen LogP contribution in [0.3, 0.4) is 0 Å². The van der Waals surface area contributed by atoms with E-state index in [4.69, 9.17) is 23.7 Å². The molecule has 0 aliphatic heterocycles. The van der Waals surface area contributed by atoms with Crippen LogP contribution in [0.5, 0.6) is 28.7 Å². The lowest BCUT2D eigenvalue weighted by Crippen LogP contribution is -2.38. The van der Waals surface area contributed by atoms with Gasteiger partial charge in [0.25, 0.3) is 0 Å². The van der Waals surface area contributed by atoms with Crippen molar-refractivity contribution in [2.45, 2.75) is 12.3 Å². The molecule has 8 heteroatoms. The highest BCUT2D eigenvalue weighted by molar-refractivity contribution is 5.77. The van der Waals surface area contributed by atoms with Crippen molar-refractivity contribution in [3.63, 3.8) is 0 Å². The Bertz CT molecular complexity index is 955. The van der Waals surface area contributed by atoms with Gasteiger partial charge in [0.05, 0.1) is 41.5 Å². The Kier molecular flexibility index (Phi) is 6.80. The molecule has 2 aromatic rings. The predicted molar refractivity (Wildman–Crippen MR) is 112 cm³/mol. The van der Waals surface area contributed by atoms with Gasteiger partial charge in [0.1, 0.15) is 0 Å². The number of methoxy groups -OCH3 is 5. The number of benzene rings is 2. The summed E-state index contributed by atoms with van der Waals surface area (Å²) in [6.07, 6.45) is 0.418. The van der Waals surface area contributed by atoms with Crippen LogP contribution >= 0.6 is 0 Å². The van der Waals surface area contributed by atoms with Gasteiger partial charge in [0, 0.05) is 24.0 Å². The number of carbonyl (C=O) groups excluding carboxylic acids is 1. The van der Waals surface area contributed by atoms with E-state index >= 15 is 0 Å². The van der Waals surface area contributed by atoms with Crippen molar-refractivity contribution in [2.24, 2.45) is 11.8 Å². The molecule has 0 spiro atoms. The number of phenols is 1. The molecule has 3 rings (SSSR count). The lowest BCUT2D eigenvalue weighted by atomic mass is 9.66. The van der Waals surface area contributed by atoms with Gasteiger partial charge < -0.3 is 33.9 Å². The zero-order valence-corrected chi connectivity index (χ0v) is 18.3. The summed E-state index contributed by atoms with van der Waals surface area (Å²) in [6.45, 7) is -0.214. The fraction of sp³-hybridized carbons (Fsp3) is 0.435. The number of esters is 1. The molecule has 0 bridgehead atoms. The van der Waals surface area contributed by atoms with Gasteiger partial charge in [0.2, 0.25) is 5.75 Å². The summed E-state index contributed by atoms with van der Waals surface area (Å²) in [7, 11) is 7.35. The first kappa shape index (κ1) is 22.6. The molecule has 0 amide bonds. The Morgan fingerprint density at radius 3 is 2.16 bits per heavy atom. The number of phenolic OH excluding ortho intramolecular Hbond substituents is 1. The van der Waals surface area contributed by atoms with E-state index in [2.05, 4.69) is 0 Å². The van der Waals surface area contributed by atoms with Gasteiger partial charge in [-0.05, 0) is 35.7 Å². The summed E-state index contributed by atoms with van der Waals surface area (Å²) in [5.74, 6) is -0.563. The third kappa shape index (κ3) is 3.83. The number of aliphatic hydroxyl groups excluding tert-OH is 1. The van der Waals surface area contributed by atoms with E-state index in [1.165, 1.54) is 35.5 Å². The van der Waals surface area contributed by atoms with Gasteiger partial charge in [-0.3, -0.25) is 4.79 Å². The highest BCUT2D eigenvalue weighted by Gasteiger charge is 2.45. The van der Waals surface area contributed by atoms with E-state index in [9.17, 15) is 15.0 Å². The summed E-state index contributed by atoms with van der Waals surface area (Å²) in [4.78, 5) is 12.9. The van der Waals surface area contributed by atoms with Crippen molar-refractivity contribution in [2.75, 3.05) is 42.2 Å². The molecule has 0 heterocycles. The molecule has 0 radical (unpaired) electrons. The summed E-state index contributed by atoms with van der Waals surface area (Å²) in [6, 6.07) is 6.80. The molecule has 0 unspecified atom stereocenters. The minimum atomic E-state index is -0.706. The van der Waals surface area contributed by atoms with E-state index in [0.717, 1.165) is 11.1 Å². The molecule has 31 heavy (non-hydrogen) atoms. The van der Waals surface area contributed by atoms with Crippen molar-refractivity contribution < 1.29 is 38.7 Å². The molecular weight excluding hydrogens is 404 g/mol. The third-order valence-corrected chi connectivity index (χ3v) is 5.88. The number of aliphatic hydroxyl groups is 1. The van der Waals surface area contributed by atoms with Crippen molar-refractivity contribution in [3.8, 4) is 28.7 Å². The molecule has 168 valence electrons. The fourth-order valence-corrected chi connectivity index (χ4v) is 4.52. The van der Waals surface area contributed by atoms with Crippen molar-refractivity contribution in [3.05, 3.63) is 41.0 Å². The first-order valence-corrected chi connectivity index (χ1v) is 9.82. The number of carbonyl (C=O) groups is 1. The monoisotopic (exact) mass is 432 g/mol. The lowest BCUT2D eigenvalue weighted by Gasteiger charge is -2.39. The van der Waals surface area contributed by atoms with E-state index in [-0.39, 0.29) is 12.4 Å². The van der Waals surface area contributed by atoms with Crippen LogP contribution in [0.1, 0.15) is 22.6 Å². The largest absolute Gasteiger partial charge is 0.504 e. The quantitative estimate of drug-likeness (QED) is 0.644. The van der Waals surface area contributed by atoms with Crippen molar-refractivity contribution in [1.29, 1.82) is 0 Å². The first-order chi connectivity index (χ1) is 14.9. The Hall–Kier alpha value is -3.13. The molecule has 1 aliphatic carbocycles. The molecule has 0 saturated carbocycles. The lowest BCUT2D eigenvalue weighted by molar-refractivity contribution is -0.149. The maximum absolute atomic E-state index is 12.9. The summed E-state index contributed by atoms with van der Waals surface area (Å²) in [5, 5.41) is 20.5. The Morgan fingerprint density at radius 1 is 0.968 bits per heavy atom. The van der Waals surface area contributed by atoms with Gasteiger partial charge in [-0.2, -0.15) is 0 Å². The fourth-order valence-electron chi connectivity index (χ4n) is 4.52. The van der Waals surface area contributed by atoms with E-state index < -0.39 is 23.7 Å². The van der Waals surface area contributed by atoms with Crippen LogP contribution in [0.4, 0.5) is 0 Å². The Balaban J connectivity index is 2.35. The van der Waals surface area contributed by atoms with Crippen molar-refractivity contribution in [1.82, 2.24) is 0 Å². The van der Waals surface area contributed by atoms with Crippen LogP contribution in [0, 0.1) is 11.8 Å². The van der Waals surface area contributed by atoms with E-state index in [0.29, 0.717) is 35.0 Å². The average molecular weight is 432 g/mol. The minimum absolute atomic E-state index is 0.0595. The maximum Gasteiger partial charge on any atom is 0.310 e. The highest BCUT2D eigenvalue weighted by Crippen LogP contribution is 2.54. The molecule has 2 N–H and O–H groups in total. The van der Waals surface area contributed by atoms with Gasteiger partial charge in [-0.1, -0.05) is 6.07 Å². The summed E-state index contributed by atoms with van der Waals surface area (Å²) >= 11 is 0. The smallest absolute Gasteiger partial charge is 0.310 e. The van der Waals surface area contributed by atoms with E-state index in [1.807, 2.05) is 6.07 Å². The number of rotatable bonds is 7. The Morgan fingerprint density at radius 2 is 1.65 bits per heavy atom. The summed E-state index contributed by atoms with van der Waals surface area (Å²) in [5.41, 5.74) is 2.23. The second-order valence-corrected chi connectivity index (χ2v) is 7.32. The second kappa shape index (κ2) is 9.34. The Labute approximate surface area is 181 Å². The van der Waals surface area contributed by atoms with Crippen LogP contribution in [0.15, 0.2) is 24.3 Å². The highest BCUT2D eigenvalue weighted by atomic mass is 16.5. The molecule has 0 saturated heterocycles. The van der Waals surface area contributed by atoms with Gasteiger partial charge in [-0.15, -0.1) is 0 Å².